The molecule has 0 saturated heterocycles. The van der Waals surface area contributed by atoms with Gasteiger partial charge in [0.05, 0.1) is 11.9 Å². The lowest BCUT2D eigenvalue weighted by Gasteiger charge is -2.28. The Bertz CT molecular complexity index is 1250. The Kier molecular flexibility index (Phi) is 4.46. The standard InChI is InChI=1S/C18H14ClN9O/c1-18(29,26-17-11(7-20)16(21)24-9-25-17)12-6-14-23-8-13(19)28(14)27-15(12)10-2-4-22-5-3-10/h2-6,8-9,29H,1H3,(H3,21,24,25,26)/t18-/m1/s1. The summed E-state index contributed by atoms with van der Waals surface area (Å²) in [7, 11) is 0. The van der Waals surface area contributed by atoms with Crippen LogP contribution in [0.3, 0.4) is 0 Å². The van der Waals surface area contributed by atoms with Crippen LogP contribution in [0.15, 0.2) is 43.1 Å². The molecule has 4 rings (SSSR count). The average molecular weight is 408 g/mol. The molecule has 4 heterocycles. The summed E-state index contributed by atoms with van der Waals surface area (Å²) >= 11 is 6.17. The molecule has 4 aromatic heterocycles. The van der Waals surface area contributed by atoms with Crippen molar-refractivity contribution in [3.8, 4) is 17.3 Å². The zero-order valence-electron chi connectivity index (χ0n) is 15.1. The molecule has 0 unspecified atom stereocenters. The van der Waals surface area contributed by atoms with E-state index in [4.69, 9.17) is 17.3 Å². The van der Waals surface area contributed by atoms with Crippen molar-refractivity contribution in [3.05, 3.63) is 59.4 Å². The van der Waals surface area contributed by atoms with Gasteiger partial charge in [0.1, 0.15) is 23.8 Å². The van der Waals surface area contributed by atoms with Crippen molar-refractivity contribution in [3.63, 3.8) is 0 Å². The normalized spacial score (nSPS) is 13.0. The van der Waals surface area contributed by atoms with Crippen molar-refractivity contribution in [2.45, 2.75) is 12.6 Å². The topological polar surface area (TPSA) is 151 Å². The number of nitriles is 1. The zero-order valence-corrected chi connectivity index (χ0v) is 15.8. The molecule has 0 aliphatic rings. The van der Waals surface area contributed by atoms with Gasteiger partial charge in [0, 0.05) is 23.5 Å². The molecule has 0 saturated carbocycles. The second-order valence-electron chi connectivity index (χ2n) is 6.28. The van der Waals surface area contributed by atoms with Crippen LogP contribution in [0.2, 0.25) is 5.15 Å². The van der Waals surface area contributed by atoms with Crippen LogP contribution in [0.5, 0.6) is 0 Å². The van der Waals surface area contributed by atoms with Gasteiger partial charge in [-0.15, -0.1) is 0 Å². The Labute approximate surface area is 169 Å². The van der Waals surface area contributed by atoms with Gasteiger partial charge in [-0.2, -0.15) is 10.4 Å². The summed E-state index contributed by atoms with van der Waals surface area (Å²) in [5.41, 5.74) is 6.04. The molecule has 144 valence electrons. The van der Waals surface area contributed by atoms with Gasteiger partial charge < -0.3 is 16.2 Å². The number of pyridine rings is 1. The van der Waals surface area contributed by atoms with Gasteiger partial charge in [-0.25, -0.2) is 19.5 Å². The van der Waals surface area contributed by atoms with Gasteiger partial charge in [0.25, 0.3) is 0 Å². The van der Waals surface area contributed by atoms with Crippen molar-refractivity contribution < 1.29 is 5.11 Å². The molecule has 1 atom stereocenters. The first-order valence-corrected chi connectivity index (χ1v) is 8.75. The van der Waals surface area contributed by atoms with E-state index < -0.39 is 5.72 Å². The van der Waals surface area contributed by atoms with E-state index in [0.717, 1.165) is 0 Å². The molecule has 0 aromatic carbocycles. The monoisotopic (exact) mass is 407 g/mol. The number of aromatic nitrogens is 6. The molecule has 0 spiro atoms. The summed E-state index contributed by atoms with van der Waals surface area (Å²) in [4.78, 5) is 16.0. The SMILES string of the molecule is C[C@](O)(Nc1ncnc(N)c1C#N)c1cc2ncc(Cl)n2nc1-c1ccncc1. The predicted molar refractivity (Wildman–Crippen MR) is 106 cm³/mol. The highest BCUT2D eigenvalue weighted by atomic mass is 35.5. The maximum atomic E-state index is 11.3. The van der Waals surface area contributed by atoms with Crippen molar-refractivity contribution in [1.82, 2.24) is 29.5 Å². The summed E-state index contributed by atoms with van der Waals surface area (Å²) in [5, 5.41) is 28.4. The van der Waals surface area contributed by atoms with E-state index in [2.05, 4.69) is 30.4 Å². The van der Waals surface area contributed by atoms with Crippen LogP contribution in [0.4, 0.5) is 11.6 Å². The average Bonchev–Trinajstić information content (AvgIpc) is 3.08. The molecule has 29 heavy (non-hydrogen) atoms. The summed E-state index contributed by atoms with van der Waals surface area (Å²) in [6, 6.07) is 7.09. The third kappa shape index (κ3) is 3.29. The fourth-order valence-electron chi connectivity index (χ4n) is 2.88. The number of rotatable bonds is 4. The quantitative estimate of drug-likeness (QED) is 0.431. The number of nitrogens with zero attached hydrogens (tertiary/aromatic N) is 7. The number of fused-ring (bicyclic) bond motifs is 1. The van der Waals surface area contributed by atoms with Crippen LogP contribution < -0.4 is 11.1 Å². The Morgan fingerprint density at radius 1 is 1.28 bits per heavy atom. The van der Waals surface area contributed by atoms with Gasteiger partial charge in [0.2, 0.25) is 0 Å². The summed E-state index contributed by atoms with van der Waals surface area (Å²) < 4.78 is 1.46. The summed E-state index contributed by atoms with van der Waals surface area (Å²) in [6.07, 6.45) is 5.89. The Hall–Kier alpha value is -3.81. The van der Waals surface area contributed by atoms with Gasteiger partial charge in [-0.05, 0) is 25.1 Å². The number of nitrogens with two attached hydrogens (primary N) is 1. The van der Waals surface area contributed by atoms with Gasteiger partial charge in [-0.3, -0.25) is 4.98 Å². The molecule has 4 N–H and O–H groups in total. The molecular formula is C18H14ClN9O. The molecule has 11 heteroatoms. The zero-order chi connectivity index (χ0) is 20.6. The first-order chi connectivity index (χ1) is 13.9. The maximum absolute atomic E-state index is 11.3. The Morgan fingerprint density at radius 2 is 2.03 bits per heavy atom. The number of aliphatic hydroxyl groups is 1. The summed E-state index contributed by atoms with van der Waals surface area (Å²) in [5.74, 6) is 0.0932. The molecule has 0 aliphatic heterocycles. The molecule has 0 aliphatic carbocycles. The lowest BCUT2D eigenvalue weighted by Crippen LogP contribution is -2.33. The number of halogens is 1. The minimum absolute atomic E-state index is 0.00349. The second-order valence-corrected chi connectivity index (χ2v) is 6.67. The highest BCUT2D eigenvalue weighted by Crippen LogP contribution is 2.33. The van der Waals surface area contributed by atoms with E-state index in [1.807, 2.05) is 6.07 Å². The van der Waals surface area contributed by atoms with E-state index >= 15 is 0 Å². The lowest BCUT2D eigenvalue weighted by molar-refractivity contribution is 0.0885. The van der Waals surface area contributed by atoms with Crippen LogP contribution in [-0.2, 0) is 5.72 Å². The van der Waals surface area contributed by atoms with Crippen LogP contribution >= 0.6 is 11.6 Å². The van der Waals surface area contributed by atoms with E-state index in [9.17, 15) is 10.4 Å². The first-order valence-electron chi connectivity index (χ1n) is 8.37. The van der Waals surface area contributed by atoms with Gasteiger partial charge >= 0.3 is 0 Å². The molecular weight excluding hydrogens is 394 g/mol. The number of nitrogen functional groups attached to an aromatic ring is 1. The number of anilines is 2. The van der Waals surface area contributed by atoms with E-state index in [-0.39, 0.29) is 17.2 Å². The number of imidazole rings is 1. The number of hydrogen-bond donors (Lipinski definition) is 3. The van der Waals surface area contributed by atoms with Crippen LogP contribution in [0.1, 0.15) is 18.1 Å². The van der Waals surface area contributed by atoms with Crippen LogP contribution in [0.25, 0.3) is 16.9 Å². The smallest absolute Gasteiger partial charge is 0.162 e. The fourth-order valence-corrected chi connectivity index (χ4v) is 3.06. The van der Waals surface area contributed by atoms with Crippen molar-refractivity contribution >= 4 is 28.9 Å². The highest BCUT2D eigenvalue weighted by Gasteiger charge is 2.30. The minimum atomic E-state index is -1.70. The molecule has 0 amide bonds. The number of nitrogens with one attached hydrogen (secondary N) is 1. The van der Waals surface area contributed by atoms with E-state index in [0.29, 0.717) is 27.6 Å². The minimum Gasteiger partial charge on any atom is -0.382 e. The van der Waals surface area contributed by atoms with Crippen LogP contribution in [0, 0.1) is 11.3 Å². The largest absolute Gasteiger partial charge is 0.382 e. The Balaban J connectivity index is 1.90. The second kappa shape index (κ2) is 6.97. The molecule has 4 aromatic rings. The predicted octanol–water partition coefficient (Wildman–Crippen LogP) is 1.97. The van der Waals surface area contributed by atoms with Crippen molar-refractivity contribution in [2.24, 2.45) is 0 Å². The molecule has 0 fully saturated rings. The highest BCUT2D eigenvalue weighted by molar-refractivity contribution is 6.29. The van der Waals surface area contributed by atoms with E-state index in [1.54, 1.807) is 30.6 Å². The Morgan fingerprint density at radius 3 is 2.76 bits per heavy atom. The van der Waals surface area contributed by atoms with E-state index in [1.165, 1.54) is 24.0 Å². The van der Waals surface area contributed by atoms with Crippen LogP contribution in [-0.4, -0.2) is 34.7 Å². The number of hydrogen-bond acceptors (Lipinski definition) is 9. The molecule has 10 nitrogen and oxygen atoms in total. The lowest BCUT2D eigenvalue weighted by atomic mass is 9.99. The third-order valence-electron chi connectivity index (χ3n) is 4.28. The molecule has 0 radical (unpaired) electrons. The third-order valence-corrected chi connectivity index (χ3v) is 4.54. The fraction of sp³-hybridized carbons (Fsp3) is 0.111. The first kappa shape index (κ1) is 18.5. The molecule has 0 bridgehead atoms. The summed E-state index contributed by atoms with van der Waals surface area (Å²) in [6.45, 7) is 1.51. The van der Waals surface area contributed by atoms with Gasteiger partial charge in [0.15, 0.2) is 22.3 Å². The maximum Gasteiger partial charge on any atom is 0.162 e. The van der Waals surface area contributed by atoms with Crippen molar-refractivity contribution in [1.29, 1.82) is 5.26 Å². The van der Waals surface area contributed by atoms with Gasteiger partial charge in [-0.1, -0.05) is 11.6 Å². The van der Waals surface area contributed by atoms with Crippen molar-refractivity contribution in [2.75, 3.05) is 11.1 Å².